The number of hydrogen-bond donors (Lipinski definition) is 0. The number of hydrogen-bond acceptors (Lipinski definition) is 5. The highest BCUT2D eigenvalue weighted by molar-refractivity contribution is 5.99. The normalized spacial score (nSPS) is 16.2. The highest BCUT2D eigenvalue weighted by Crippen LogP contribution is 2.32. The molecule has 0 fully saturated rings. The number of esters is 1. The van der Waals surface area contributed by atoms with Crippen LogP contribution in [0.25, 0.3) is 0 Å². The van der Waals surface area contributed by atoms with Crippen molar-refractivity contribution in [2.45, 2.75) is 39.3 Å². The van der Waals surface area contributed by atoms with E-state index in [1.807, 2.05) is 38.1 Å². The number of amides is 1. The smallest absolute Gasteiger partial charge is 0.344 e. The molecule has 0 bridgehead atoms. The summed E-state index contributed by atoms with van der Waals surface area (Å²) in [7, 11) is 0. The molecule has 1 aliphatic heterocycles. The van der Waals surface area contributed by atoms with Crippen molar-refractivity contribution in [3.05, 3.63) is 54.1 Å². The first-order chi connectivity index (χ1) is 13.5. The molecule has 1 amide bonds. The van der Waals surface area contributed by atoms with Crippen LogP contribution in [-0.2, 0) is 20.7 Å². The van der Waals surface area contributed by atoms with E-state index in [-0.39, 0.29) is 18.6 Å². The number of rotatable bonds is 7. The van der Waals surface area contributed by atoms with E-state index in [0.717, 1.165) is 23.4 Å². The first kappa shape index (κ1) is 19.7. The summed E-state index contributed by atoms with van der Waals surface area (Å²) in [5.74, 6) is 0.444. The molecule has 6 heteroatoms. The van der Waals surface area contributed by atoms with Crippen molar-refractivity contribution in [3.8, 4) is 11.5 Å². The van der Waals surface area contributed by atoms with E-state index >= 15 is 0 Å². The maximum atomic E-state index is 12.8. The Morgan fingerprint density at radius 1 is 1.07 bits per heavy atom. The fourth-order valence-electron chi connectivity index (χ4n) is 3.32. The van der Waals surface area contributed by atoms with Crippen molar-refractivity contribution in [1.82, 2.24) is 0 Å². The molecule has 0 saturated carbocycles. The van der Waals surface area contributed by atoms with Gasteiger partial charge in [0.25, 0.3) is 5.91 Å². The third-order valence-electron chi connectivity index (χ3n) is 4.59. The Morgan fingerprint density at radius 2 is 1.71 bits per heavy atom. The van der Waals surface area contributed by atoms with Crippen LogP contribution in [0, 0.1) is 0 Å². The van der Waals surface area contributed by atoms with Gasteiger partial charge in [-0.05, 0) is 63.1 Å². The van der Waals surface area contributed by atoms with E-state index in [1.165, 1.54) is 0 Å². The zero-order chi connectivity index (χ0) is 20.1. The van der Waals surface area contributed by atoms with Gasteiger partial charge >= 0.3 is 5.97 Å². The molecule has 0 spiro atoms. The molecule has 0 N–H and O–H groups in total. The van der Waals surface area contributed by atoms with Crippen molar-refractivity contribution in [1.29, 1.82) is 0 Å². The zero-order valence-corrected chi connectivity index (χ0v) is 16.4. The van der Waals surface area contributed by atoms with Gasteiger partial charge in [-0.2, -0.15) is 0 Å². The van der Waals surface area contributed by atoms with Gasteiger partial charge in [0.05, 0.1) is 6.61 Å². The van der Waals surface area contributed by atoms with Crippen LogP contribution in [0.4, 0.5) is 5.69 Å². The fourth-order valence-corrected chi connectivity index (χ4v) is 3.32. The third kappa shape index (κ3) is 4.44. The Morgan fingerprint density at radius 3 is 2.39 bits per heavy atom. The predicted molar refractivity (Wildman–Crippen MR) is 106 cm³/mol. The molecule has 0 aromatic heterocycles. The quantitative estimate of drug-likeness (QED) is 0.686. The molecule has 28 heavy (non-hydrogen) atoms. The van der Waals surface area contributed by atoms with Gasteiger partial charge in [-0.3, -0.25) is 4.79 Å². The van der Waals surface area contributed by atoms with E-state index < -0.39 is 12.1 Å². The summed E-state index contributed by atoms with van der Waals surface area (Å²) in [6, 6.07) is 14.8. The van der Waals surface area contributed by atoms with E-state index in [4.69, 9.17) is 14.2 Å². The molecule has 0 aliphatic carbocycles. The number of anilines is 1. The molecule has 6 nitrogen and oxygen atoms in total. The van der Waals surface area contributed by atoms with E-state index in [0.29, 0.717) is 12.4 Å². The van der Waals surface area contributed by atoms with Gasteiger partial charge in [-0.25, -0.2) is 4.79 Å². The minimum Gasteiger partial charge on any atom is -0.494 e. The molecule has 2 aromatic rings. The van der Waals surface area contributed by atoms with Crippen LogP contribution in [0.2, 0.25) is 0 Å². The van der Waals surface area contributed by atoms with Crippen molar-refractivity contribution in [3.63, 3.8) is 0 Å². The first-order valence-electron chi connectivity index (χ1n) is 9.45. The average Bonchev–Trinajstić information content (AvgIpc) is 3.02. The Hall–Kier alpha value is -3.02. The number of carbonyl (C=O) groups is 2. The molecule has 1 aliphatic rings. The summed E-state index contributed by atoms with van der Waals surface area (Å²) < 4.78 is 16.1. The molecular weight excluding hydrogens is 358 g/mol. The van der Waals surface area contributed by atoms with Gasteiger partial charge in [0.1, 0.15) is 11.5 Å². The summed E-state index contributed by atoms with van der Waals surface area (Å²) in [5.41, 5.74) is 2.01. The van der Waals surface area contributed by atoms with Crippen LogP contribution in [0.3, 0.4) is 0 Å². The van der Waals surface area contributed by atoms with Gasteiger partial charge in [0.15, 0.2) is 12.7 Å². The molecule has 148 valence electrons. The summed E-state index contributed by atoms with van der Waals surface area (Å²) in [6.07, 6.45) is -0.0892. The van der Waals surface area contributed by atoms with Gasteiger partial charge in [0.2, 0.25) is 0 Å². The lowest BCUT2D eigenvalue weighted by Crippen LogP contribution is -2.43. The van der Waals surface area contributed by atoms with Crippen LogP contribution in [0.15, 0.2) is 48.5 Å². The second-order valence-corrected chi connectivity index (χ2v) is 6.72. The Balaban J connectivity index is 1.53. The van der Waals surface area contributed by atoms with Crippen LogP contribution < -0.4 is 14.4 Å². The van der Waals surface area contributed by atoms with Crippen LogP contribution >= 0.6 is 0 Å². The minimum atomic E-state index is -0.884. The van der Waals surface area contributed by atoms with E-state index in [2.05, 4.69) is 0 Å². The van der Waals surface area contributed by atoms with Crippen molar-refractivity contribution >= 4 is 17.6 Å². The molecule has 2 atom stereocenters. The molecule has 0 saturated heterocycles. The van der Waals surface area contributed by atoms with E-state index in [9.17, 15) is 9.59 Å². The summed E-state index contributed by atoms with van der Waals surface area (Å²) in [5, 5.41) is 0. The number of nitrogens with zero attached hydrogens (tertiary/aromatic N) is 1. The second-order valence-electron chi connectivity index (χ2n) is 6.72. The molecule has 1 heterocycles. The van der Waals surface area contributed by atoms with E-state index in [1.54, 1.807) is 36.1 Å². The largest absolute Gasteiger partial charge is 0.494 e. The third-order valence-corrected chi connectivity index (χ3v) is 4.59. The Bertz CT molecular complexity index is 833. The highest BCUT2D eigenvalue weighted by Gasteiger charge is 2.34. The van der Waals surface area contributed by atoms with Gasteiger partial charge in [-0.15, -0.1) is 0 Å². The first-order valence-corrected chi connectivity index (χ1v) is 9.45. The highest BCUT2D eigenvalue weighted by atomic mass is 16.6. The Labute approximate surface area is 165 Å². The topological polar surface area (TPSA) is 65.1 Å². The number of carbonyl (C=O) groups excluding carboxylic acids is 2. The average molecular weight is 383 g/mol. The monoisotopic (exact) mass is 383 g/mol. The number of fused-ring (bicyclic) bond motifs is 1. The second kappa shape index (κ2) is 8.78. The predicted octanol–water partition coefficient (Wildman–Crippen LogP) is 3.37. The maximum absolute atomic E-state index is 12.8. The standard InChI is InChI=1S/C22H25NO5/c1-4-26-18-9-11-19(12-10-18)27-14-21(24)28-16(3)22(25)23-15(2)13-17-7-5-6-8-20(17)23/h5-12,15-16H,4,13-14H2,1-3H3/t15-,16-/m1/s1. The fraction of sp³-hybridized carbons (Fsp3) is 0.364. The SMILES string of the molecule is CCOc1ccc(OCC(=O)O[C@H](C)C(=O)N2c3ccccc3C[C@H]2C)cc1. The summed E-state index contributed by atoms with van der Waals surface area (Å²) in [6.45, 7) is 5.80. The number of para-hydroxylation sites is 1. The van der Waals surface area contributed by atoms with Crippen molar-refractivity contribution < 1.29 is 23.8 Å². The van der Waals surface area contributed by atoms with Crippen molar-refractivity contribution in [2.24, 2.45) is 0 Å². The number of benzene rings is 2. The molecule has 0 unspecified atom stereocenters. The lowest BCUT2D eigenvalue weighted by atomic mass is 10.1. The Kier molecular flexibility index (Phi) is 6.19. The molecule has 2 aromatic carbocycles. The van der Waals surface area contributed by atoms with Crippen LogP contribution in [-0.4, -0.2) is 37.2 Å². The van der Waals surface area contributed by atoms with Crippen LogP contribution in [0.1, 0.15) is 26.3 Å². The lowest BCUT2D eigenvalue weighted by molar-refractivity contribution is -0.155. The summed E-state index contributed by atoms with van der Waals surface area (Å²) >= 11 is 0. The molecular formula is C22H25NO5. The summed E-state index contributed by atoms with van der Waals surface area (Å²) in [4.78, 5) is 26.6. The van der Waals surface area contributed by atoms with Crippen LogP contribution in [0.5, 0.6) is 11.5 Å². The van der Waals surface area contributed by atoms with Gasteiger partial charge in [-0.1, -0.05) is 18.2 Å². The number of ether oxygens (including phenoxy) is 3. The zero-order valence-electron chi connectivity index (χ0n) is 16.4. The van der Waals surface area contributed by atoms with Crippen molar-refractivity contribution in [2.75, 3.05) is 18.1 Å². The van der Waals surface area contributed by atoms with Gasteiger partial charge < -0.3 is 19.1 Å². The lowest BCUT2D eigenvalue weighted by Gasteiger charge is -2.25. The van der Waals surface area contributed by atoms with Gasteiger partial charge in [0, 0.05) is 11.7 Å². The maximum Gasteiger partial charge on any atom is 0.344 e. The molecule has 0 radical (unpaired) electrons. The minimum absolute atomic E-state index is 0.0335. The molecule has 3 rings (SSSR count).